The molecule has 0 spiro atoms. The molecule has 0 aliphatic heterocycles. The van der Waals surface area contributed by atoms with Gasteiger partial charge in [0, 0.05) is 26.4 Å². The van der Waals surface area contributed by atoms with Crippen molar-refractivity contribution in [2.24, 2.45) is 4.99 Å². The van der Waals surface area contributed by atoms with Gasteiger partial charge in [-0.05, 0) is 41.0 Å². The molecule has 2 aromatic rings. The highest BCUT2D eigenvalue weighted by molar-refractivity contribution is 14.0. The van der Waals surface area contributed by atoms with E-state index < -0.39 is 21.5 Å². The van der Waals surface area contributed by atoms with E-state index in [0.29, 0.717) is 29.2 Å². The lowest BCUT2D eigenvalue weighted by atomic mass is 10.1. The highest BCUT2D eigenvalue weighted by atomic mass is 127. The summed E-state index contributed by atoms with van der Waals surface area (Å²) >= 11 is 0. The van der Waals surface area contributed by atoms with Gasteiger partial charge < -0.3 is 15.4 Å². The SMILES string of the molecule is CN=C(NCc1ccc(OC)c(F)c1)NCc1cc(F)ccc1CS(C)(=O)=O.I. The van der Waals surface area contributed by atoms with Crippen LogP contribution in [0.5, 0.6) is 5.75 Å². The van der Waals surface area contributed by atoms with Crippen molar-refractivity contribution in [2.45, 2.75) is 18.8 Å². The Morgan fingerprint density at radius 2 is 1.76 bits per heavy atom. The number of guanidine groups is 1. The van der Waals surface area contributed by atoms with Gasteiger partial charge in [0.05, 0.1) is 12.9 Å². The molecule has 0 saturated carbocycles. The maximum absolute atomic E-state index is 13.8. The molecule has 29 heavy (non-hydrogen) atoms. The topological polar surface area (TPSA) is 79.8 Å². The molecule has 0 heterocycles. The van der Waals surface area contributed by atoms with Crippen LogP contribution in [-0.4, -0.2) is 34.8 Å². The van der Waals surface area contributed by atoms with Gasteiger partial charge in [0.15, 0.2) is 27.4 Å². The van der Waals surface area contributed by atoms with E-state index in [1.54, 1.807) is 13.1 Å². The summed E-state index contributed by atoms with van der Waals surface area (Å²) in [5.41, 5.74) is 1.72. The molecule has 160 valence electrons. The Balaban J connectivity index is 0.00000420. The molecule has 0 aliphatic rings. The van der Waals surface area contributed by atoms with Gasteiger partial charge in [-0.3, -0.25) is 4.99 Å². The third kappa shape index (κ3) is 8.13. The number of halogens is 3. The number of methoxy groups -OCH3 is 1. The van der Waals surface area contributed by atoms with Crippen molar-refractivity contribution >= 4 is 39.8 Å². The van der Waals surface area contributed by atoms with Crippen LogP contribution < -0.4 is 15.4 Å². The molecule has 0 saturated heterocycles. The molecule has 2 N–H and O–H groups in total. The van der Waals surface area contributed by atoms with E-state index in [1.165, 1.54) is 37.4 Å². The largest absolute Gasteiger partial charge is 0.494 e. The summed E-state index contributed by atoms with van der Waals surface area (Å²) in [5.74, 6) is -0.524. The van der Waals surface area contributed by atoms with Crippen molar-refractivity contribution in [3.8, 4) is 5.75 Å². The van der Waals surface area contributed by atoms with Crippen LogP contribution in [0.25, 0.3) is 0 Å². The third-order valence-electron chi connectivity index (χ3n) is 3.93. The highest BCUT2D eigenvalue weighted by Crippen LogP contribution is 2.17. The van der Waals surface area contributed by atoms with E-state index in [9.17, 15) is 17.2 Å². The number of nitrogens with one attached hydrogen (secondary N) is 2. The Kier molecular flexibility index (Phi) is 9.77. The minimum Gasteiger partial charge on any atom is -0.494 e. The summed E-state index contributed by atoms with van der Waals surface area (Å²) in [5, 5.41) is 6.03. The first-order valence-electron chi connectivity index (χ1n) is 8.44. The van der Waals surface area contributed by atoms with Crippen LogP contribution in [0.1, 0.15) is 16.7 Å². The van der Waals surface area contributed by atoms with Crippen molar-refractivity contribution in [1.82, 2.24) is 10.6 Å². The minimum atomic E-state index is -3.25. The quantitative estimate of drug-likeness (QED) is 0.322. The summed E-state index contributed by atoms with van der Waals surface area (Å²) in [7, 11) is -0.297. The number of hydrogen-bond acceptors (Lipinski definition) is 4. The maximum atomic E-state index is 13.8. The number of ether oxygens (including phenoxy) is 1. The van der Waals surface area contributed by atoms with Gasteiger partial charge in [0.25, 0.3) is 0 Å². The average Bonchev–Trinajstić information content (AvgIpc) is 2.63. The first kappa shape index (κ1) is 25.1. The third-order valence-corrected chi connectivity index (χ3v) is 4.77. The first-order valence-corrected chi connectivity index (χ1v) is 10.5. The zero-order valence-electron chi connectivity index (χ0n) is 16.3. The van der Waals surface area contributed by atoms with Gasteiger partial charge in [-0.25, -0.2) is 17.2 Å². The lowest BCUT2D eigenvalue weighted by molar-refractivity contribution is 0.386. The molecule has 0 unspecified atom stereocenters. The lowest BCUT2D eigenvalue weighted by Gasteiger charge is -2.14. The Hall–Kier alpha value is -1.95. The van der Waals surface area contributed by atoms with E-state index >= 15 is 0 Å². The average molecular weight is 539 g/mol. The van der Waals surface area contributed by atoms with Gasteiger partial charge >= 0.3 is 0 Å². The summed E-state index contributed by atoms with van der Waals surface area (Å²) in [6.45, 7) is 0.485. The van der Waals surface area contributed by atoms with E-state index in [4.69, 9.17) is 4.74 Å². The van der Waals surface area contributed by atoms with Crippen LogP contribution in [0.2, 0.25) is 0 Å². The molecule has 2 aromatic carbocycles. The van der Waals surface area contributed by atoms with Crippen LogP contribution in [0, 0.1) is 11.6 Å². The summed E-state index contributed by atoms with van der Waals surface area (Å²) in [6, 6.07) is 8.60. The number of sulfone groups is 1. The molecule has 10 heteroatoms. The summed E-state index contributed by atoms with van der Waals surface area (Å²) < 4.78 is 55.4. The Morgan fingerprint density at radius 3 is 2.34 bits per heavy atom. The Labute approximate surface area is 186 Å². The predicted molar refractivity (Wildman–Crippen MR) is 120 cm³/mol. The number of rotatable bonds is 7. The van der Waals surface area contributed by atoms with Crippen molar-refractivity contribution in [3.63, 3.8) is 0 Å². The molecular formula is C19H24F2IN3O3S. The second-order valence-electron chi connectivity index (χ2n) is 6.23. The normalized spacial score (nSPS) is 11.6. The second kappa shape index (κ2) is 11.3. The second-order valence-corrected chi connectivity index (χ2v) is 8.37. The molecule has 0 amide bonds. The van der Waals surface area contributed by atoms with Gasteiger partial charge in [0.1, 0.15) is 5.82 Å². The molecule has 0 aliphatic carbocycles. The zero-order valence-corrected chi connectivity index (χ0v) is 19.5. The number of benzene rings is 2. The molecule has 0 aromatic heterocycles. The molecule has 0 atom stereocenters. The predicted octanol–water partition coefficient (Wildman–Crippen LogP) is 3.00. The fraction of sp³-hybridized carbons (Fsp3) is 0.316. The lowest BCUT2D eigenvalue weighted by Crippen LogP contribution is -2.36. The van der Waals surface area contributed by atoms with Crippen molar-refractivity contribution < 1.29 is 21.9 Å². The Bertz CT molecular complexity index is 969. The maximum Gasteiger partial charge on any atom is 0.191 e. The standard InChI is InChI=1S/C19H23F2N3O3S.HI/c1-22-19(23-10-13-4-7-18(27-2)17(21)8-13)24-11-15-9-16(20)6-5-14(15)12-28(3,25)26;/h4-9H,10-12H2,1-3H3,(H2,22,23,24);1H. The van der Waals surface area contributed by atoms with Crippen molar-refractivity contribution in [2.75, 3.05) is 20.4 Å². The Morgan fingerprint density at radius 1 is 1.07 bits per heavy atom. The number of hydrogen-bond donors (Lipinski definition) is 2. The van der Waals surface area contributed by atoms with E-state index in [0.717, 1.165) is 6.26 Å². The number of nitrogens with zero attached hydrogens (tertiary/aromatic N) is 1. The molecule has 6 nitrogen and oxygen atoms in total. The van der Waals surface area contributed by atoms with Gasteiger partial charge in [-0.1, -0.05) is 12.1 Å². The van der Waals surface area contributed by atoms with Crippen LogP contribution in [0.3, 0.4) is 0 Å². The summed E-state index contributed by atoms with van der Waals surface area (Å²) in [6.07, 6.45) is 1.13. The van der Waals surface area contributed by atoms with Crippen molar-refractivity contribution in [3.05, 3.63) is 64.7 Å². The van der Waals surface area contributed by atoms with E-state index in [2.05, 4.69) is 15.6 Å². The minimum absolute atomic E-state index is 0. The fourth-order valence-electron chi connectivity index (χ4n) is 2.59. The fourth-order valence-corrected chi connectivity index (χ4v) is 3.43. The zero-order chi connectivity index (χ0) is 20.7. The van der Waals surface area contributed by atoms with Crippen molar-refractivity contribution in [1.29, 1.82) is 0 Å². The molecule has 2 rings (SSSR count). The molecular weight excluding hydrogens is 515 g/mol. The molecule has 0 radical (unpaired) electrons. The van der Waals surface area contributed by atoms with Crippen LogP contribution in [0.15, 0.2) is 41.4 Å². The van der Waals surface area contributed by atoms with Gasteiger partial charge in [0.2, 0.25) is 0 Å². The van der Waals surface area contributed by atoms with E-state index in [1.807, 2.05) is 0 Å². The van der Waals surface area contributed by atoms with Crippen LogP contribution in [0.4, 0.5) is 8.78 Å². The molecule has 0 fully saturated rings. The number of aliphatic imine (C=N–C) groups is 1. The van der Waals surface area contributed by atoms with E-state index in [-0.39, 0.29) is 42.0 Å². The highest BCUT2D eigenvalue weighted by Gasteiger charge is 2.11. The molecule has 0 bridgehead atoms. The van der Waals surface area contributed by atoms with Gasteiger partial charge in [-0.2, -0.15) is 0 Å². The first-order chi connectivity index (χ1) is 13.2. The van der Waals surface area contributed by atoms with Crippen LogP contribution >= 0.6 is 24.0 Å². The monoisotopic (exact) mass is 539 g/mol. The van der Waals surface area contributed by atoms with Crippen LogP contribution in [-0.2, 0) is 28.7 Å². The summed E-state index contributed by atoms with van der Waals surface area (Å²) in [4.78, 5) is 4.06. The smallest absolute Gasteiger partial charge is 0.191 e. The van der Waals surface area contributed by atoms with Gasteiger partial charge in [-0.15, -0.1) is 24.0 Å².